The summed E-state index contributed by atoms with van der Waals surface area (Å²) in [5.41, 5.74) is -0.741. The largest absolute Gasteiger partial charge is 0.494 e. The molecule has 0 radical (unpaired) electrons. The van der Waals surface area contributed by atoms with Crippen molar-refractivity contribution < 1.29 is 23.8 Å². The number of aliphatic carboxylic acids is 1. The molecule has 1 unspecified atom stereocenters. The number of carbonyl (C=O) groups is 2. The van der Waals surface area contributed by atoms with E-state index < -0.39 is 23.2 Å². The van der Waals surface area contributed by atoms with Gasteiger partial charge >= 0.3 is 12.0 Å². The Bertz CT molecular complexity index is 536. The lowest BCUT2D eigenvalue weighted by molar-refractivity contribution is -0.147. The fourth-order valence-corrected chi connectivity index (χ4v) is 1.56. The van der Waals surface area contributed by atoms with E-state index in [9.17, 15) is 14.0 Å². The SMILES string of the molecule is CCC(C)(CNC(=O)Nc1ccc(F)cc1OC)C(=O)O. The van der Waals surface area contributed by atoms with Crippen molar-refractivity contribution in [3.63, 3.8) is 0 Å². The maximum atomic E-state index is 13.0. The highest BCUT2D eigenvalue weighted by molar-refractivity contribution is 5.91. The van der Waals surface area contributed by atoms with Gasteiger partial charge in [-0.1, -0.05) is 6.92 Å². The van der Waals surface area contributed by atoms with Crippen molar-refractivity contribution in [1.29, 1.82) is 0 Å². The Hall–Kier alpha value is -2.31. The Morgan fingerprint density at radius 3 is 2.62 bits per heavy atom. The number of rotatable bonds is 6. The van der Waals surface area contributed by atoms with Crippen LogP contribution in [-0.4, -0.2) is 30.8 Å². The smallest absolute Gasteiger partial charge is 0.319 e. The summed E-state index contributed by atoms with van der Waals surface area (Å²) >= 11 is 0. The van der Waals surface area contributed by atoms with Gasteiger partial charge in [0.1, 0.15) is 11.6 Å². The fourth-order valence-electron chi connectivity index (χ4n) is 1.56. The van der Waals surface area contributed by atoms with Gasteiger partial charge in [0.05, 0.1) is 18.2 Å². The topological polar surface area (TPSA) is 87.7 Å². The van der Waals surface area contributed by atoms with E-state index in [2.05, 4.69) is 10.6 Å². The molecular weight excluding hydrogens is 279 g/mol. The van der Waals surface area contributed by atoms with Crippen LogP contribution in [0.5, 0.6) is 5.75 Å². The number of carboxylic acids is 1. The van der Waals surface area contributed by atoms with Gasteiger partial charge in [-0.15, -0.1) is 0 Å². The summed E-state index contributed by atoms with van der Waals surface area (Å²) in [6.07, 6.45) is 0.377. The predicted octanol–water partition coefficient (Wildman–Crippen LogP) is 2.46. The van der Waals surface area contributed by atoms with Gasteiger partial charge in [0.25, 0.3) is 0 Å². The van der Waals surface area contributed by atoms with E-state index >= 15 is 0 Å². The minimum Gasteiger partial charge on any atom is -0.494 e. The first-order valence-electron chi connectivity index (χ1n) is 6.44. The van der Waals surface area contributed by atoms with E-state index in [1.54, 1.807) is 13.8 Å². The van der Waals surface area contributed by atoms with Gasteiger partial charge in [-0.3, -0.25) is 4.79 Å². The molecule has 0 spiro atoms. The minimum absolute atomic E-state index is 0.0197. The minimum atomic E-state index is -1.04. The lowest BCUT2D eigenvalue weighted by atomic mass is 9.88. The second kappa shape index (κ2) is 6.92. The van der Waals surface area contributed by atoms with Gasteiger partial charge in [0.2, 0.25) is 0 Å². The van der Waals surface area contributed by atoms with Crippen LogP contribution in [0.25, 0.3) is 0 Å². The lowest BCUT2D eigenvalue weighted by Crippen LogP contribution is -2.42. The Kier molecular flexibility index (Phi) is 5.52. The molecule has 0 bridgehead atoms. The van der Waals surface area contributed by atoms with E-state index in [0.29, 0.717) is 12.1 Å². The quantitative estimate of drug-likeness (QED) is 0.753. The molecule has 6 nitrogen and oxygen atoms in total. The van der Waals surface area contributed by atoms with Gasteiger partial charge in [-0.2, -0.15) is 0 Å². The van der Waals surface area contributed by atoms with Crippen LogP contribution < -0.4 is 15.4 Å². The Morgan fingerprint density at radius 2 is 2.10 bits per heavy atom. The van der Waals surface area contributed by atoms with Gasteiger partial charge < -0.3 is 20.5 Å². The predicted molar refractivity (Wildman–Crippen MR) is 76.0 cm³/mol. The molecule has 0 aliphatic carbocycles. The molecule has 0 aliphatic rings. The Labute approximate surface area is 122 Å². The first-order chi connectivity index (χ1) is 9.82. The molecule has 1 atom stereocenters. The second-order valence-electron chi connectivity index (χ2n) is 4.87. The molecule has 0 saturated heterocycles. The van der Waals surface area contributed by atoms with Crippen LogP contribution in [0, 0.1) is 11.2 Å². The first kappa shape index (κ1) is 16.7. The molecule has 0 aromatic heterocycles. The van der Waals surface area contributed by atoms with Gasteiger partial charge in [0.15, 0.2) is 0 Å². The van der Waals surface area contributed by atoms with Crippen LogP contribution in [0.3, 0.4) is 0 Å². The molecular formula is C14H19FN2O4. The normalized spacial score (nSPS) is 13.1. The highest BCUT2D eigenvalue weighted by atomic mass is 19.1. The molecule has 0 saturated carbocycles. The maximum Gasteiger partial charge on any atom is 0.319 e. The highest BCUT2D eigenvalue weighted by Crippen LogP contribution is 2.25. The van der Waals surface area contributed by atoms with Crippen LogP contribution in [0.1, 0.15) is 20.3 Å². The van der Waals surface area contributed by atoms with Crippen molar-refractivity contribution in [3.8, 4) is 5.75 Å². The van der Waals surface area contributed by atoms with Crippen LogP contribution in [0.2, 0.25) is 0 Å². The molecule has 3 N–H and O–H groups in total. The summed E-state index contributed by atoms with van der Waals surface area (Å²) in [5.74, 6) is -1.28. The molecule has 7 heteroatoms. The molecule has 0 fully saturated rings. The highest BCUT2D eigenvalue weighted by Gasteiger charge is 2.31. The first-order valence-corrected chi connectivity index (χ1v) is 6.44. The summed E-state index contributed by atoms with van der Waals surface area (Å²) in [7, 11) is 1.36. The van der Waals surface area contributed by atoms with Crippen LogP contribution in [-0.2, 0) is 4.79 Å². The average Bonchev–Trinajstić information content (AvgIpc) is 2.46. The third kappa shape index (κ3) is 4.34. The second-order valence-corrected chi connectivity index (χ2v) is 4.87. The number of anilines is 1. The zero-order chi connectivity index (χ0) is 16.0. The summed E-state index contributed by atoms with van der Waals surface area (Å²) in [6.45, 7) is 3.26. The average molecular weight is 298 g/mol. The summed E-state index contributed by atoms with van der Waals surface area (Å²) in [4.78, 5) is 22.9. The number of benzene rings is 1. The number of carboxylic acid groups (broad SMARTS) is 1. The molecule has 116 valence electrons. The third-order valence-corrected chi connectivity index (χ3v) is 3.35. The molecule has 1 aromatic rings. The number of methoxy groups -OCH3 is 1. The van der Waals surface area contributed by atoms with Crippen LogP contribution in [0.15, 0.2) is 18.2 Å². The number of hydrogen-bond acceptors (Lipinski definition) is 3. The number of hydrogen-bond donors (Lipinski definition) is 3. The van der Waals surface area contributed by atoms with Crippen LogP contribution >= 0.6 is 0 Å². The van der Waals surface area contributed by atoms with E-state index in [1.165, 1.54) is 19.2 Å². The van der Waals surface area contributed by atoms with Gasteiger partial charge in [-0.25, -0.2) is 9.18 Å². The number of amides is 2. The zero-order valence-corrected chi connectivity index (χ0v) is 12.2. The van der Waals surface area contributed by atoms with Crippen molar-refractivity contribution in [2.24, 2.45) is 5.41 Å². The molecule has 1 aromatic carbocycles. The third-order valence-electron chi connectivity index (χ3n) is 3.35. The van der Waals surface area contributed by atoms with Gasteiger partial charge in [0, 0.05) is 12.6 Å². The Morgan fingerprint density at radius 1 is 1.43 bits per heavy atom. The van der Waals surface area contributed by atoms with E-state index in [4.69, 9.17) is 9.84 Å². The maximum absolute atomic E-state index is 13.0. The van der Waals surface area contributed by atoms with Crippen molar-refractivity contribution in [2.75, 3.05) is 19.0 Å². The molecule has 0 aliphatic heterocycles. The van der Waals surface area contributed by atoms with Crippen molar-refractivity contribution >= 4 is 17.7 Å². The van der Waals surface area contributed by atoms with Crippen molar-refractivity contribution in [1.82, 2.24) is 5.32 Å². The fraction of sp³-hybridized carbons (Fsp3) is 0.429. The number of urea groups is 1. The van der Waals surface area contributed by atoms with Gasteiger partial charge in [-0.05, 0) is 25.5 Å². The molecule has 0 heterocycles. The molecule has 1 rings (SSSR count). The van der Waals surface area contributed by atoms with Crippen LogP contribution in [0.4, 0.5) is 14.9 Å². The summed E-state index contributed by atoms with van der Waals surface area (Å²) < 4.78 is 18.0. The lowest BCUT2D eigenvalue weighted by Gasteiger charge is -2.23. The summed E-state index contributed by atoms with van der Waals surface area (Å²) in [5, 5.41) is 14.1. The number of ether oxygens (including phenoxy) is 1. The van der Waals surface area contributed by atoms with E-state index in [1.807, 2.05) is 0 Å². The monoisotopic (exact) mass is 298 g/mol. The van der Waals surface area contributed by atoms with Crippen molar-refractivity contribution in [2.45, 2.75) is 20.3 Å². The molecule has 2 amide bonds. The number of nitrogens with one attached hydrogen (secondary N) is 2. The standard InChI is InChI=1S/C14H19FN2O4/c1-4-14(2,12(18)19)8-16-13(20)17-10-6-5-9(15)7-11(10)21-3/h5-7H,4,8H2,1-3H3,(H,18,19)(H2,16,17,20). The Balaban J connectivity index is 2.68. The summed E-state index contributed by atoms with van der Waals surface area (Å²) in [6, 6.07) is 3.11. The van der Waals surface area contributed by atoms with E-state index in [-0.39, 0.29) is 12.3 Å². The molecule has 21 heavy (non-hydrogen) atoms. The van der Waals surface area contributed by atoms with Crippen molar-refractivity contribution in [3.05, 3.63) is 24.0 Å². The number of halogens is 1. The van der Waals surface area contributed by atoms with E-state index in [0.717, 1.165) is 6.07 Å². The number of carbonyl (C=O) groups excluding carboxylic acids is 1. The zero-order valence-electron chi connectivity index (χ0n) is 12.2.